The molecular formula is C9H21NaO4S. The molecule has 0 aromatic heterocycles. The van der Waals surface area contributed by atoms with Gasteiger partial charge in [-0.05, 0) is 0 Å². The van der Waals surface area contributed by atoms with E-state index in [4.69, 9.17) is 17.5 Å². The molecule has 0 aliphatic heterocycles. The Labute approximate surface area is 111 Å². The molecule has 0 rings (SSSR count). The maximum Gasteiger partial charge on any atom is 0.394 e. The molecule has 0 aromatic carbocycles. The quantitative estimate of drug-likeness (QED) is 0.412. The van der Waals surface area contributed by atoms with Crippen molar-refractivity contribution in [3.8, 4) is 0 Å². The third kappa shape index (κ3) is 39.8. The first-order valence-corrected chi connectivity index (χ1v) is 8.42. The summed E-state index contributed by atoms with van der Waals surface area (Å²) in [5, 5.41) is 0. The van der Waals surface area contributed by atoms with Gasteiger partial charge in [0.05, 0.1) is 0 Å². The largest absolute Gasteiger partial charge is 0.394 e. The van der Waals surface area contributed by atoms with Crippen LogP contribution in [0.15, 0.2) is 0 Å². The topological polar surface area (TPSA) is 74.6 Å². The molecule has 0 saturated carbocycles. The van der Waals surface area contributed by atoms with E-state index in [0.717, 1.165) is 0 Å². The summed E-state index contributed by atoms with van der Waals surface area (Å²) in [5.41, 5.74) is 0. The fraction of sp³-hybridized carbons (Fsp3) is 1.00. The van der Waals surface area contributed by atoms with Gasteiger partial charge in [0.2, 0.25) is 0 Å². The first-order valence-electron chi connectivity index (χ1n) is 5.61. The van der Waals surface area contributed by atoms with Crippen LogP contribution in [0.25, 0.3) is 0 Å². The van der Waals surface area contributed by atoms with Crippen LogP contribution in [0, 0.1) is 0 Å². The fourth-order valence-electron chi connectivity index (χ4n) is 1.21. The molecule has 0 heterocycles. The summed E-state index contributed by atoms with van der Waals surface area (Å²) in [6.07, 6.45) is 10.3. The summed E-state index contributed by atoms with van der Waals surface area (Å²) in [5.74, 6) is 0. The molecule has 0 aliphatic carbocycles. The summed E-state index contributed by atoms with van der Waals surface area (Å²) in [4.78, 5) is 0. The second kappa shape index (κ2) is 12.9. The Balaban J connectivity index is 0. The minimum absolute atomic E-state index is 1.38. The molecule has 0 aliphatic rings. The van der Waals surface area contributed by atoms with Crippen molar-refractivity contribution in [2.75, 3.05) is 0 Å². The number of hydrogen-bond donors (Lipinski definition) is 2. The van der Waals surface area contributed by atoms with Crippen molar-refractivity contribution in [2.24, 2.45) is 0 Å². The van der Waals surface area contributed by atoms with Crippen LogP contribution in [0.3, 0.4) is 0 Å². The standard InChI is InChI=1S/C9H19.Na.H2O4S/c1-3-5-7-9-8-6-4-2;;1-5(2,3)4/h1,3-9H2,2H3;;(H2,1,2,3,4). The van der Waals surface area contributed by atoms with Crippen molar-refractivity contribution >= 4 is 38.3 Å². The van der Waals surface area contributed by atoms with Gasteiger partial charge in [-0.3, -0.25) is 9.11 Å². The van der Waals surface area contributed by atoms with E-state index in [-0.39, 0.29) is 0 Å². The minimum Gasteiger partial charge on any atom is -0.264 e. The van der Waals surface area contributed by atoms with E-state index >= 15 is 0 Å². The SMILES string of the molecule is CCCCCCCC[CH2][Na].O=S(=O)(O)O. The van der Waals surface area contributed by atoms with Crippen LogP contribution in [0.1, 0.15) is 51.9 Å². The maximum absolute atomic E-state index is 8.74. The molecule has 0 spiro atoms. The maximum atomic E-state index is 8.74. The Bertz CT molecular complexity index is 188. The minimum atomic E-state index is -4.67. The smallest absolute Gasteiger partial charge is 0.264 e. The molecule has 0 radical (unpaired) electrons. The summed E-state index contributed by atoms with van der Waals surface area (Å²) < 4.78 is 33.1. The van der Waals surface area contributed by atoms with Crippen molar-refractivity contribution in [3.63, 3.8) is 0 Å². The zero-order valence-electron chi connectivity index (χ0n) is 9.78. The number of hydrogen-bond acceptors (Lipinski definition) is 2. The van der Waals surface area contributed by atoms with Crippen molar-refractivity contribution in [1.29, 1.82) is 0 Å². The van der Waals surface area contributed by atoms with Gasteiger partial charge in [-0.25, -0.2) is 0 Å². The third-order valence-electron chi connectivity index (χ3n) is 1.96. The van der Waals surface area contributed by atoms with E-state index in [1.165, 1.54) is 76.5 Å². The van der Waals surface area contributed by atoms with E-state index in [0.29, 0.717) is 0 Å². The van der Waals surface area contributed by atoms with Gasteiger partial charge in [-0.1, -0.05) is 0 Å². The fourth-order valence-corrected chi connectivity index (χ4v) is 1.71. The van der Waals surface area contributed by atoms with Crippen molar-refractivity contribution in [2.45, 2.75) is 55.5 Å². The average molecular weight is 248 g/mol. The molecule has 6 heteroatoms. The predicted molar refractivity (Wildman–Crippen MR) is 62.7 cm³/mol. The molecule has 2 N–H and O–H groups in total. The monoisotopic (exact) mass is 248 g/mol. The van der Waals surface area contributed by atoms with Crippen LogP contribution in [0.2, 0.25) is 3.67 Å². The van der Waals surface area contributed by atoms with Gasteiger partial charge in [0.15, 0.2) is 0 Å². The number of rotatable bonds is 7. The van der Waals surface area contributed by atoms with Gasteiger partial charge >= 0.3 is 93.9 Å². The molecule has 4 nitrogen and oxygen atoms in total. The third-order valence-corrected chi connectivity index (χ3v) is 2.66. The van der Waals surface area contributed by atoms with Gasteiger partial charge in [-0.2, -0.15) is 8.42 Å². The van der Waals surface area contributed by atoms with Crippen molar-refractivity contribution in [3.05, 3.63) is 0 Å². The van der Waals surface area contributed by atoms with E-state index in [9.17, 15) is 0 Å². The molecular weight excluding hydrogens is 227 g/mol. The van der Waals surface area contributed by atoms with Gasteiger partial charge in [0, 0.05) is 0 Å². The Morgan fingerprint density at radius 1 is 0.933 bits per heavy atom. The average Bonchev–Trinajstić information content (AvgIpc) is 2.08. The zero-order chi connectivity index (χ0) is 12.2. The molecule has 0 unspecified atom stereocenters. The van der Waals surface area contributed by atoms with Crippen LogP contribution in [-0.4, -0.2) is 45.5 Å². The van der Waals surface area contributed by atoms with E-state index in [1.54, 1.807) is 0 Å². The van der Waals surface area contributed by atoms with Gasteiger partial charge in [-0.15, -0.1) is 0 Å². The Hall–Kier alpha value is 0.870. The Kier molecular flexibility index (Phi) is 15.7. The zero-order valence-corrected chi connectivity index (χ0v) is 12.6. The predicted octanol–water partition coefficient (Wildman–Crippen LogP) is 2.67. The summed E-state index contributed by atoms with van der Waals surface area (Å²) >= 11 is 1.41. The molecule has 0 amide bonds. The molecule has 0 fully saturated rings. The van der Waals surface area contributed by atoms with Crippen LogP contribution < -0.4 is 0 Å². The summed E-state index contributed by atoms with van der Waals surface area (Å²) in [6.45, 7) is 2.28. The van der Waals surface area contributed by atoms with Crippen LogP contribution in [0.5, 0.6) is 0 Å². The molecule has 0 bridgehead atoms. The van der Waals surface area contributed by atoms with Crippen LogP contribution >= 0.6 is 0 Å². The van der Waals surface area contributed by atoms with Crippen molar-refractivity contribution in [1.82, 2.24) is 0 Å². The summed E-state index contributed by atoms with van der Waals surface area (Å²) in [6, 6.07) is 0. The van der Waals surface area contributed by atoms with Gasteiger partial charge < -0.3 is 0 Å². The van der Waals surface area contributed by atoms with Gasteiger partial charge in [0.25, 0.3) is 0 Å². The summed E-state index contributed by atoms with van der Waals surface area (Å²) in [7, 11) is -4.67. The van der Waals surface area contributed by atoms with E-state index in [2.05, 4.69) is 6.92 Å². The normalized spacial score (nSPS) is 10.7. The van der Waals surface area contributed by atoms with Gasteiger partial charge in [0.1, 0.15) is 0 Å². The molecule has 0 aromatic rings. The second-order valence-corrected chi connectivity index (χ2v) is 5.46. The van der Waals surface area contributed by atoms with E-state index in [1.807, 2.05) is 0 Å². The Morgan fingerprint density at radius 2 is 1.27 bits per heavy atom. The van der Waals surface area contributed by atoms with Crippen molar-refractivity contribution < 1.29 is 17.5 Å². The second-order valence-electron chi connectivity index (χ2n) is 3.57. The first kappa shape index (κ1) is 18.2. The van der Waals surface area contributed by atoms with E-state index < -0.39 is 10.4 Å². The molecule has 0 atom stereocenters. The number of unbranched alkanes of at least 4 members (excludes halogenated alkanes) is 6. The van der Waals surface area contributed by atoms with Crippen LogP contribution in [-0.2, 0) is 10.4 Å². The molecule has 15 heavy (non-hydrogen) atoms. The first-order chi connectivity index (χ1) is 6.91. The molecule has 0 saturated heterocycles. The molecule has 88 valence electrons. The Morgan fingerprint density at radius 3 is 1.60 bits per heavy atom. The van der Waals surface area contributed by atoms with Crippen LogP contribution in [0.4, 0.5) is 0 Å².